The molecule has 4 atom stereocenters. The lowest BCUT2D eigenvalue weighted by Crippen LogP contribution is -2.63. The molecule has 192 valence electrons. The van der Waals surface area contributed by atoms with Crippen LogP contribution in [0.15, 0.2) is 34.8 Å². The summed E-state index contributed by atoms with van der Waals surface area (Å²) in [5.74, 6) is -6.40. The number of phenolic OH excluding ortho intramolecular Hbond substituents is 1. The highest BCUT2D eigenvalue weighted by molar-refractivity contribution is 6.24. The second-order valence-corrected chi connectivity index (χ2v) is 10.0. The van der Waals surface area contributed by atoms with E-state index in [1.807, 2.05) is 13.0 Å². The monoisotopic (exact) mass is 496 g/mol. The molecule has 36 heavy (non-hydrogen) atoms. The van der Waals surface area contributed by atoms with E-state index < -0.39 is 58.0 Å². The van der Waals surface area contributed by atoms with Crippen molar-refractivity contribution >= 4 is 23.5 Å². The molecule has 3 aliphatic rings. The number of hydrogen-bond acceptors (Lipinski definition) is 8. The van der Waals surface area contributed by atoms with Crippen LogP contribution in [-0.2, 0) is 22.4 Å². The van der Waals surface area contributed by atoms with Crippen molar-refractivity contribution in [3.05, 3.63) is 57.1 Å². The van der Waals surface area contributed by atoms with Gasteiger partial charge in [0.2, 0.25) is 5.78 Å². The van der Waals surface area contributed by atoms with Crippen molar-refractivity contribution in [1.82, 2.24) is 4.90 Å². The van der Waals surface area contributed by atoms with Crippen molar-refractivity contribution in [3.8, 4) is 5.75 Å². The highest BCUT2D eigenvalue weighted by atomic mass is 16.3. The third kappa shape index (κ3) is 3.41. The number of phenols is 1. The standard InChI is InChI=1S/C27H32N2O7/c1-5-7-12-9-13(8-6-2)21(30)18-15(12)10-14-11-16-20(29(3)4)23(32)19(26(28)35)25(34)27(16,36)24(33)17(14)22(18)31/h6,8-9,14,16,20,30,32-33,36H,5,7,10-11H2,1-4H3,(H2,28,35)/b8-6+. The molecule has 0 aliphatic heterocycles. The van der Waals surface area contributed by atoms with Crippen LogP contribution in [0.4, 0.5) is 0 Å². The average molecular weight is 497 g/mol. The number of aromatic hydroxyl groups is 1. The number of hydrogen-bond donors (Lipinski definition) is 5. The van der Waals surface area contributed by atoms with Gasteiger partial charge in [0.1, 0.15) is 22.8 Å². The van der Waals surface area contributed by atoms with Crippen molar-refractivity contribution in [2.24, 2.45) is 17.6 Å². The molecule has 4 unspecified atom stereocenters. The third-order valence-electron chi connectivity index (χ3n) is 7.71. The van der Waals surface area contributed by atoms with E-state index in [-0.39, 0.29) is 23.3 Å². The number of nitrogens with two attached hydrogens (primary N) is 1. The molecule has 0 saturated carbocycles. The number of benzene rings is 1. The van der Waals surface area contributed by atoms with Gasteiger partial charge in [-0.15, -0.1) is 0 Å². The number of aliphatic hydroxyl groups excluding tert-OH is 2. The number of ketones is 2. The first kappa shape index (κ1) is 25.7. The molecule has 0 spiro atoms. The Morgan fingerprint density at radius 3 is 2.47 bits per heavy atom. The largest absolute Gasteiger partial charge is 0.510 e. The number of nitrogens with zero attached hydrogens (tertiary/aromatic N) is 1. The van der Waals surface area contributed by atoms with E-state index in [0.29, 0.717) is 24.0 Å². The van der Waals surface area contributed by atoms with E-state index in [9.17, 15) is 34.8 Å². The van der Waals surface area contributed by atoms with Gasteiger partial charge in [0.15, 0.2) is 11.4 Å². The van der Waals surface area contributed by atoms with Crippen molar-refractivity contribution in [3.63, 3.8) is 0 Å². The average Bonchev–Trinajstić information content (AvgIpc) is 2.79. The number of likely N-dealkylation sites (N-methyl/N-ethyl adjacent to an activating group) is 1. The summed E-state index contributed by atoms with van der Waals surface area (Å²) >= 11 is 0. The summed E-state index contributed by atoms with van der Waals surface area (Å²) in [6, 6.07) is 0.857. The summed E-state index contributed by atoms with van der Waals surface area (Å²) in [4.78, 5) is 40.8. The minimum Gasteiger partial charge on any atom is -0.510 e. The van der Waals surface area contributed by atoms with Crippen LogP contribution >= 0.6 is 0 Å². The van der Waals surface area contributed by atoms with Crippen LogP contribution < -0.4 is 5.73 Å². The molecule has 0 bridgehead atoms. The first-order valence-corrected chi connectivity index (χ1v) is 12.1. The van der Waals surface area contributed by atoms with Crippen LogP contribution in [0.5, 0.6) is 5.75 Å². The Kier molecular flexibility index (Phi) is 6.34. The molecule has 0 saturated heterocycles. The van der Waals surface area contributed by atoms with Crippen LogP contribution in [0.1, 0.15) is 53.7 Å². The number of carbonyl (C=O) groups is 3. The van der Waals surface area contributed by atoms with E-state index in [1.165, 1.54) is 4.90 Å². The summed E-state index contributed by atoms with van der Waals surface area (Å²) in [6.07, 6.45) is 5.29. The Bertz CT molecular complexity index is 1270. The topological polar surface area (TPSA) is 161 Å². The first-order chi connectivity index (χ1) is 16.9. The number of allylic oxidation sites excluding steroid dienone is 2. The smallest absolute Gasteiger partial charge is 0.255 e. The lowest BCUT2D eigenvalue weighted by Gasteiger charge is -2.50. The van der Waals surface area contributed by atoms with Crippen molar-refractivity contribution in [2.75, 3.05) is 14.1 Å². The van der Waals surface area contributed by atoms with Gasteiger partial charge in [0, 0.05) is 17.1 Å². The first-order valence-electron chi connectivity index (χ1n) is 12.1. The molecule has 3 aliphatic carbocycles. The molecule has 0 radical (unpaired) electrons. The summed E-state index contributed by atoms with van der Waals surface area (Å²) in [6.45, 7) is 3.80. The second-order valence-electron chi connectivity index (χ2n) is 10.0. The number of aliphatic hydroxyl groups is 3. The number of Topliss-reactive ketones (excluding diaryl/α,β-unsaturated/α-hetero) is 2. The molecule has 6 N–H and O–H groups in total. The zero-order valence-corrected chi connectivity index (χ0v) is 20.8. The second kappa shape index (κ2) is 8.90. The number of primary amides is 1. The van der Waals surface area contributed by atoms with Gasteiger partial charge in [0.05, 0.1) is 11.6 Å². The van der Waals surface area contributed by atoms with Crippen molar-refractivity contribution < 1.29 is 34.8 Å². The summed E-state index contributed by atoms with van der Waals surface area (Å²) in [7, 11) is 3.21. The SMILES string of the molecule is C/C=C/c1cc(CCC)c2c(c1O)C(=O)C1=C(O)C3(O)C(=O)C(C(N)=O)=C(O)C(N(C)C)C3CC1C2. The van der Waals surface area contributed by atoms with Crippen LogP contribution in [0.25, 0.3) is 6.08 Å². The van der Waals surface area contributed by atoms with Gasteiger partial charge in [0.25, 0.3) is 5.91 Å². The van der Waals surface area contributed by atoms with Gasteiger partial charge in [-0.1, -0.05) is 25.5 Å². The third-order valence-corrected chi connectivity index (χ3v) is 7.71. The molecule has 9 heteroatoms. The number of amides is 1. The van der Waals surface area contributed by atoms with E-state index in [2.05, 4.69) is 0 Å². The van der Waals surface area contributed by atoms with Crippen LogP contribution in [0, 0.1) is 11.8 Å². The lowest BCUT2D eigenvalue weighted by atomic mass is 9.58. The summed E-state index contributed by atoms with van der Waals surface area (Å²) < 4.78 is 0. The number of rotatable bonds is 5. The predicted octanol–water partition coefficient (Wildman–Crippen LogP) is 2.11. The lowest BCUT2D eigenvalue weighted by molar-refractivity contribution is -0.148. The summed E-state index contributed by atoms with van der Waals surface area (Å²) in [5, 5.41) is 44.9. The normalized spacial score (nSPS) is 28.0. The molecule has 4 rings (SSSR count). The highest BCUT2D eigenvalue weighted by Gasteiger charge is 2.63. The fraction of sp³-hybridized carbons (Fsp3) is 0.444. The van der Waals surface area contributed by atoms with Gasteiger partial charge in [-0.05, 0) is 63.4 Å². The number of carbonyl (C=O) groups excluding carboxylic acids is 3. The Hall–Kier alpha value is -3.43. The highest BCUT2D eigenvalue weighted by Crippen LogP contribution is 2.52. The van der Waals surface area contributed by atoms with Crippen LogP contribution in [0.2, 0.25) is 0 Å². The van der Waals surface area contributed by atoms with Gasteiger partial charge in [-0.3, -0.25) is 19.3 Å². The molecule has 9 nitrogen and oxygen atoms in total. The summed E-state index contributed by atoms with van der Waals surface area (Å²) in [5.41, 5.74) is 3.87. The van der Waals surface area contributed by atoms with Crippen LogP contribution in [-0.4, -0.2) is 68.5 Å². The number of fused-ring (bicyclic) bond motifs is 3. The maximum Gasteiger partial charge on any atom is 0.255 e. The van der Waals surface area contributed by atoms with Gasteiger partial charge < -0.3 is 26.2 Å². The van der Waals surface area contributed by atoms with Crippen LogP contribution in [0.3, 0.4) is 0 Å². The molecule has 0 heterocycles. The zero-order valence-electron chi connectivity index (χ0n) is 20.8. The number of aryl methyl sites for hydroxylation is 1. The maximum absolute atomic E-state index is 13.8. The molecular weight excluding hydrogens is 464 g/mol. The minimum atomic E-state index is -2.63. The Morgan fingerprint density at radius 1 is 1.25 bits per heavy atom. The van der Waals surface area contributed by atoms with E-state index in [1.54, 1.807) is 33.2 Å². The van der Waals surface area contributed by atoms with Crippen molar-refractivity contribution in [1.29, 1.82) is 0 Å². The van der Waals surface area contributed by atoms with Gasteiger partial charge in [-0.25, -0.2) is 0 Å². The van der Waals surface area contributed by atoms with Gasteiger partial charge >= 0.3 is 0 Å². The zero-order chi connectivity index (χ0) is 26.7. The molecule has 1 amide bonds. The Morgan fingerprint density at radius 2 is 1.92 bits per heavy atom. The molecule has 1 aromatic rings. The predicted molar refractivity (Wildman–Crippen MR) is 132 cm³/mol. The quantitative estimate of drug-likeness (QED) is 0.387. The Balaban J connectivity index is 1.98. The van der Waals surface area contributed by atoms with E-state index in [4.69, 9.17) is 5.73 Å². The maximum atomic E-state index is 13.8. The van der Waals surface area contributed by atoms with E-state index in [0.717, 1.165) is 12.0 Å². The molecule has 0 fully saturated rings. The fourth-order valence-electron chi connectivity index (χ4n) is 6.22. The minimum absolute atomic E-state index is 0.0508. The molecule has 1 aromatic carbocycles. The van der Waals surface area contributed by atoms with Gasteiger partial charge in [-0.2, -0.15) is 0 Å². The fourth-order valence-corrected chi connectivity index (χ4v) is 6.22. The van der Waals surface area contributed by atoms with Crippen molar-refractivity contribution in [2.45, 2.75) is 51.2 Å². The Labute approximate surface area is 209 Å². The molecular formula is C27H32N2O7. The molecule has 0 aromatic heterocycles. The van der Waals surface area contributed by atoms with E-state index >= 15 is 0 Å².